The molecule has 0 aliphatic heterocycles. The van der Waals surface area contributed by atoms with Crippen molar-refractivity contribution in [3.8, 4) is 5.75 Å². The lowest BCUT2D eigenvalue weighted by atomic mass is 9.87. The number of aromatic nitrogens is 2. The molecule has 1 atom stereocenters. The molecule has 0 bridgehead atoms. The highest BCUT2D eigenvalue weighted by atomic mass is 16.3. The highest BCUT2D eigenvalue weighted by Crippen LogP contribution is 2.33. The zero-order valence-corrected chi connectivity index (χ0v) is 10.4. The molecule has 1 aromatic carbocycles. The van der Waals surface area contributed by atoms with Crippen molar-refractivity contribution in [1.29, 1.82) is 0 Å². The summed E-state index contributed by atoms with van der Waals surface area (Å²) in [5.74, 6) is 1.26. The molecule has 0 spiro atoms. The second-order valence-electron chi connectivity index (χ2n) is 4.85. The summed E-state index contributed by atoms with van der Waals surface area (Å²) in [6, 6.07) is 7.93. The number of aryl methyl sites for hydroxylation is 2. The first-order valence-corrected chi connectivity index (χ1v) is 6.30. The molecule has 0 saturated carbocycles. The summed E-state index contributed by atoms with van der Waals surface area (Å²) in [7, 11) is 1.91. The molecule has 2 N–H and O–H groups in total. The van der Waals surface area contributed by atoms with Gasteiger partial charge in [0, 0.05) is 19.3 Å². The number of aromatic hydroxyl groups is 1. The molecule has 1 heterocycles. The Hall–Kier alpha value is -1.97. The summed E-state index contributed by atoms with van der Waals surface area (Å²) in [5, 5.41) is 17.3. The van der Waals surface area contributed by atoms with Crippen LogP contribution in [0, 0.1) is 0 Å². The van der Waals surface area contributed by atoms with Gasteiger partial charge in [-0.25, -0.2) is 0 Å². The Morgan fingerprint density at radius 2 is 2.28 bits per heavy atom. The lowest BCUT2D eigenvalue weighted by molar-refractivity contribution is 0.472. The zero-order chi connectivity index (χ0) is 12.5. The Balaban J connectivity index is 1.87. The standard InChI is InChI=1S/C14H17N3O/c1-17-8-7-14(16-17)15-13-4-2-3-10-9-11(18)5-6-12(10)13/h5-9,13,18H,2-4H2,1H3,(H,15,16). The van der Waals surface area contributed by atoms with E-state index in [2.05, 4.69) is 10.4 Å². The highest BCUT2D eigenvalue weighted by molar-refractivity contribution is 5.43. The van der Waals surface area contributed by atoms with Crippen LogP contribution in [0.2, 0.25) is 0 Å². The number of fused-ring (bicyclic) bond motifs is 1. The summed E-state index contributed by atoms with van der Waals surface area (Å²) in [6.07, 6.45) is 5.22. The minimum absolute atomic E-state index is 0.296. The Morgan fingerprint density at radius 3 is 3.06 bits per heavy atom. The smallest absolute Gasteiger partial charge is 0.148 e. The van der Waals surface area contributed by atoms with Gasteiger partial charge in [-0.05, 0) is 42.5 Å². The normalized spacial score (nSPS) is 18.4. The maximum Gasteiger partial charge on any atom is 0.148 e. The number of nitrogens with zero attached hydrogens (tertiary/aromatic N) is 2. The molecule has 4 nitrogen and oxygen atoms in total. The lowest BCUT2D eigenvalue weighted by Crippen LogP contribution is -2.17. The van der Waals surface area contributed by atoms with Gasteiger partial charge in [-0.2, -0.15) is 5.10 Å². The topological polar surface area (TPSA) is 50.1 Å². The van der Waals surface area contributed by atoms with E-state index in [0.29, 0.717) is 11.8 Å². The fourth-order valence-electron chi connectivity index (χ4n) is 2.62. The fourth-order valence-corrected chi connectivity index (χ4v) is 2.62. The van der Waals surface area contributed by atoms with E-state index in [-0.39, 0.29) is 0 Å². The van der Waals surface area contributed by atoms with Gasteiger partial charge in [0.05, 0.1) is 6.04 Å². The van der Waals surface area contributed by atoms with Gasteiger partial charge in [-0.1, -0.05) is 6.07 Å². The van der Waals surface area contributed by atoms with E-state index in [0.717, 1.165) is 25.1 Å². The van der Waals surface area contributed by atoms with Crippen molar-refractivity contribution in [3.05, 3.63) is 41.6 Å². The maximum atomic E-state index is 9.53. The molecule has 2 aromatic rings. The number of benzene rings is 1. The summed E-state index contributed by atoms with van der Waals surface area (Å²) in [5.41, 5.74) is 2.53. The number of phenols is 1. The number of hydrogen-bond donors (Lipinski definition) is 2. The zero-order valence-electron chi connectivity index (χ0n) is 10.4. The summed E-state index contributed by atoms with van der Waals surface area (Å²) in [6.45, 7) is 0. The van der Waals surface area contributed by atoms with Crippen LogP contribution < -0.4 is 5.32 Å². The average molecular weight is 243 g/mol. The van der Waals surface area contributed by atoms with E-state index in [4.69, 9.17) is 0 Å². The van der Waals surface area contributed by atoms with Gasteiger partial charge in [0.25, 0.3) is 0 Å². The summed E-state index contributed by atoms with van der Waals surface area (Å²) in [4.78, 5) is 0. The molecule has 1 unspecified atom stereocenters. The second-order valence-corrected chi connectivity index (χ2v) is 4.85. The van der Waals surface area contributed by atoms with Crippen LogP contribution in [0.25, 0.3) is 0 Å². The van der Waals surface area contributed by atoms with Crippen LogP contribution in [0.5, 0.6) is 5.75 Å². The van der Waals surface area contributed by atoms with E-state index in [9.17, 15) is 5.11 Å². The van der Waals surface area contributed by atoms with Crippen molar-refractivity contribution >= 4 is 5.82 Å². The van der Waals surface area contributed by atoms with Gasteiger partial charge in [0.15, 0.2) is 0 Å². The van der Waals surface area contributed by atoms with E-state index in [1.54, 1.807) is 10.7 Å². The minimum Gasteiger partial charge on any atom is -0.508 e. The van der Waals surface area contributed by atoms with Crippen LogP contribution >= 0.6 is 0 Å². The number of rotatable bonds is 2. The van der Waals surface area contributed by atoms with Gasteiger partial charge in [-0.15, -0.1) is 0 Å². The van der Waals surface area contributed by atoms with Crippen molar-refractivity contribution in [3.63, 3.8) is 0 Å². The third kappa shape index (κ3) is 2.06. The first-order chi connectivity index (χ1) is 8.72. The third-order valence-corrected chi connectivity index (χ3v) is 3.48. The predicted molar refractivity (Wildman–Crippen MR) is 70.6 cm³/mol. The molecule has 3 rings (SSSR count). The minimum atomic E-state index is 0.296. The van der Waals surface area contributed by atoms with Crippen LogP contribution in [0.4, 0.5) is 5.82 Å². The number of anilines is 1. The van der Waals surface area contributed by atoms with Crippen molar-refractivity contribution in [2.75, 3.05) is 5.32 Å². The van der Waals surface area contributed by atoms with Gasteiger partial charge in [-0.3, -0.25) is 4.68 Å². The van der Waals surface area contributed by atoms with Crippen LogP contribution in [0.1, 0.15) is 30.0 Å². The van der Waals surface area contributed by atoms with Gasteiger partial charge >= 0.3 is 0 Å². The Morgan fingerprint density at radius 1 is 1.39 bits per heavy atom. The molecule has 0 saturated heterocycles. The quantitative estimate of drug-likeness (QED) is 0.852. The third-order valence-electron chi connectivity index (χ3n) is 3.48. The molecule has 1 aliphatic carbocycles. The fraction of sp³-hybridized carbons (Fsp3) is 0.357. The number of hydrogen-bond acceptors (Lipinski definition) is 3. The van der Waals surface area contributed by atoms with Gasteiger partial charge in [0.2, 0.25) is 0 Å². The molecule has 1 aliphatic rings. The molecule has 18 heavy (non-hydrogen) atoms. The molecule has 94 valence electrons. The largest absolute Gasteiger partial charge is 0.508 e. The second kappa shape index (κ2) is 4.37. The lowest BCUT2D eigenvalue weighted by Gasteiger charge is -2.26. The molecule has 0 amide bonds. The summed E-state index contributed by atoms with van der Waals surface area (Å²) < 4.78 is 1.79. The Labute approximate surface area is 106 Å². The molecule has 0 radical (unpaired) electrons. The molecular formula is C14H17N3O. The van der Waals surface area contributed by atoms with Crippen LogP contribution in [-0.4, -0.2) is 14.9 Å². The number of nitrogens with one attached hydrogen (secondary N) is 1. The van der Waals surface area contributed by atoms with Gasteiger partial charge < -0.3 is 10.4 Å². The highest BCUT2D eigenvalue weighted by Gasteiger charge is 2.20. The van der Waals surface area contributed by atoms with E-state index in [1.807, 2.05) is 31.4 Å². The summed E-state index contributed by atoms with van der Waals surface area (Å²) >= 11 is 0. The Kier molecular flexibility index (Phi) is 2.70. The molecule has 4 heteroatoms. The van der Waals surface area contributed by atoms with Crippen LogP contribution in [0.15, 0.2) is 30.5 Å². The van der Waals surface area contributed by atoms with Crippen molar-refractivity contribution in [1.82, 2.24) is 9.78 Å². The van der Waals surface area contributed by atoms with Crippen LogP contribution in [-0.2, 0) is 13.5 Å². The monoisotopic (exact) mass is 243 g/mol. The van der Waals surface area contributed by atoms with Crippen molar-refractivity contribution in [2.24, 2.45) is 7.05 Å². The van der Waals surface area contributed by atoms with Crippen LogP contribution in [0.3, 0.4) is 0 Å². The molecular weight excluding hydrogens is 226 g/mol. The SMILES string of the molecule is Cn1ccc(NC2CCCc3cc(O)ccc32)n1. The van der Waals surface area contributed by atoms with E-state index in [1.165, 1.54) is 11.1 Å². The van der Waals surface area contributed by atoms with E-state index >= 15 is 0 Å². The first kappa shape index (κ1) is 11.1. The predicted octanol–water partition coefficient (Wildman–Crippen LogP) is 2.62. The first-order valence-electron chi connectivity index (χ1n) is 6.30. The maximum absolute atomic E-state index is 9.53. The van der Waals surface area contributed by atoms with Gasteiger partial charge in [0.1, 0.15) is 11.6 Å². The van der Waals surface area contributed by atoms with Crippen molar-refractivity contribution < 1.29 is 5.11 Å². The average Bonchev–Trinajstić information content (AvgIpc) is 2.75. The van der Waals surface area contributed by atoms with E-state index < -0.39 is 0 Å². The van der Waals surface area contributed by atoms with Crippen molar-refractivity contribution in [2.45, 2.75) is 25.3 Å². The molecule has 1 aromatic heterocycles. The number of phenolic OH excluding ortho intramolecular Hbond substituents is 1. The Bertz CT molecular complexity index is 562. The molecule has 0 fully saturated rings.